The van der Waals surface area contributed by atoms with Gasteiger partial charge in [-0.2, -0.15) is 0 Å². The van der Waals surface area contributed by atoms with Crippen LogP contribution in [0, 0.1) is 0 Å². The number of carbonyl (C=O) groups is 2. The molecule has 1 aromatic carbocycles. The minimum Gasteiger partial charge on any atom is -0.354 e. The summed E-state index contributed by atoms with van der Waals surface area (Å²) in [4.78, 5) is 42.2. The van der Waals surface area contributed by atoms with Gasteiger partial charge >= 0.3 is 0 Å². The van der Waals surface area contributed by atoms with Crippen molar-refractivity contribution in [3.8, 4) is 0 Å². The van der Waals surface area contributed by atoms with Gasteiger partial charge in [0.2, 0.25) is 11.8 Å². The highest BCUT2D eigenvalue weighted by Crippen LogP contribution is 2.11. The average molecular weight is 356 g/mol. The van der Waals surface area contributed by atoms with E-state index >= 15 is 0 Å². The summed E-state index contributed by atoms with van der Waals surface area (Å²) in [6, 6.07) is 7.24. The van der Waals surface area contributed by atoms with Crippen molar-refractivity contribution in [1.82, 2.24) is 19.8 Å². The molecule has 7 nitrogen and oxygen atoms in total. The zero-order chi connectivity index (χ0) is 18.4. The Bertz CT molecular complexity index is 846. The van der Waals surface area contributed by atoms with Crippen LogP contribution < -0.4 is 10.9 Å². The van der Waals surface area contributed by atoms with Crippen LogP contribution in [-0.4, -0.2) is 45.9 Å². The Kier molecular flexibility index (Phi) is 5.99. The lowest BCUT2D eigenvalue weighted by Gasteiger charge is -2.20. The van der Waals surface area contributed by atoms with Crippen LogP contribution in [0.2, 0.25) is 0 Å². The third-order valence-electron chi connectivity index (χ3n) is 4.65. The Labute approximate surface area is 152 Å². The Balaban J connectivity index is 1.51. The monoisotopic (exact) mass is 356 g/mol. The summed E-state index contributed by atoms with van der Waals surface area (Å²) in [5, 5.41) is 2.84. The Morgan fingerprint density at radius 1 is 1.15 bits per heavy atom. The van der Waals surface area contributed by atoms with Gasteiger partial charge in [-0.25, -0.2) is 4.98 Å². The number of benzene rings is 1. The molecule has 2 amide bonds. The quantitative estimate of drug-likeness (QED) is 0.791. The van der Waals surface area contributed by atoms with E-state index in [1.165, 1.54) is 10.8 Å². The number of likely N-dealkylation sites (tertiary alicyclic amines) is 1. The molecule has 1 N–H and O–H groups in total. The van der Waals surface area contributed by atoms with Gasteiger partial charge in [0.1, 0.15) is 6.54 Å². The fraction of sp³-hybridized carbons (Fsp3) is 0.474. The maximum Gasteiger partial charge on any atom is 0.269 e. The summed E-state index contributed by atoms with van der Waals surface area (Å²) in [7, 11) is 0. The molecule has 3 rings (SSSR count). The van der Waals surface area contributed by atoms with Gasteiger partial charge in [0, 0.05) is 26.1 Å². The summed E-state index contributed by atoms with van der Waals surface area (Å²) in [6.45, 7) is 1.92. The van der Waals surface area contributed by atoms with Crippen LogP contribution in [0.25, 0.3) is 11.0 Å². The minimum absolute atomic E-state index is 0.0372. The molecule has 2 heterocycles. The van der Waals surface area contributed by atoms with E-state index < -0.39 is 0 Å². The molecule has 0 saturated carbocycles. The van der Waals surface area contributed by atoms with E-state index in [4.69, 9.17) is 0 Å². The molecule has 26 heavy (non-hydrogen) atoms. The van der Waals surface area contributed by atoms with E-state index in [2.05, 4.69) is 10.3 Å². The fourth-order valence-corrected chi connectivity index (χ4v) is 3.25. The van der Waals surface area contributed by atoms with Crippen molar-refractivity contribution in [2.75, 3.05) is 19.6 Å². The van der Waals surface area contributed by atoms with E-state index in [0.717, 1.165) is 25.8 Å². The molecule has 1 aliphatic rings. The molecule has 0 atom stereocenters. The van der Waals surface area contributed by atoms with Crippen LogP contribution in [0.4, 0.5) is 0 Å². The third-order valence-corrected chi connectivity index (χ3v) is 4.65. The number of amides is 2. The van der Waals surface area contributed by atoms with Gasteiger partial charge in [-0.3, -0.25) is 19.0 Å². The van der Waals surface area contributed by atoms with Crippen molar-refractivity contribution in [2.45, 2.75) is 38.6 Å². The van der Waals surface area contributed by atoms with Crippen LogP contribution >= 0.6 is 0 Å². The van der Waals surface area contributed by atoms with Crippen molar-refractivity contribution >= 4 is 22.8 Å². The number of carbonyl (C=O) groups excluding carboxylic acids is 2. The van der Waals surface area contributed by atoms with Gasteiger partial charge in [0.15, 0.2) is 0 Å². The number of hydrogen-bond donors (Lipinski definition) is 1. The number of nitrogens with one attached hydrogen (secondary N) is 1. The largest absolute Gasteiger partial charge is 0.354 e. The molecule has 1 aromatic heterocycles. The summed E-state index contributed by atoms with van der Waals surface area (Å²) in [6.07, 6.45) is 5.71. The Hall–Kier alpha value is -2.70. The van der Waals surface area contributed by atoms with E-state index in [1.54, 1.807) is 12.1 Å². The normalized spacial score (nSPS) is 15.1. The highest BCUT2D eigenvalue weighted by atomic mass is 16.2. The topological polar surface area (TPSA) is 84.3 Å². The first-order valence-corrected chi connectivity index (χ1v) is 9.14. The fourth-order valence-electron chi connectivity index (χ4n) is 3.25. The Morgan fingerprint density at radius 2 is 2.00 bits per heavy atom. The van der Waals surface area contributed by atoms with Crippen LogP contribution in [0.15, 0.2) is 35.3 Å². The molecular weight excluding hydrogens is 332 g/mol. The number of nitrogens with zero attached hydrogens (tertiary/aromatic N) is 3. The average Bonchev–Trinajstić information content (AvgIpc) is 2.85. The lowest BCUT2D eigenvalue weighted by molar-refractivity contribution is -0.130. The first-order chi connectivity index (χ1) is 12.6. The molecule has 138 valence electrons. The molecule has 2 aromatic rings. The van der Waals surface area contributed by atoms with Gasteiger partial charge < -0.3 is 10.2 Å². The van der Waals surface area contributed by atoms with Gasteiger partial charge in [-0.15, -0.1) is 0 Å². The smallest absolute Gasteiger partial charge is 0.269 e. The summed E-state index contributed by atoms with van der Waals surface area (Å²) in [5.41, 5.74) is 1.03. The number of para-hydroxylation sites is 2. The molecule has 0 aliphatic carbocycles. The SMILES string of the molecule is O=C(Cn1c(=O)cnc2ccccc21)NCCCN1CCCCCC1=O. The maximum absolute atomic E-state index is 12.2. The van der Waals surface area contributed by atoms with Crippen molar-refractivity contribution in [3.05, 3.63) is 40.8 Å². The molecule has 1 saturated heterocycles. The van der Waals surface area contributed by atoms with Gasteiger partial charge in [-0.1, -0.05) is 18.6 Å². The molecule has 0 bridgehead atoms. The lowest BCUT2D eigenvalue weighted by Crippen LogP contribution is -2.36. The number of rotatable bonds is 6. The number of aromatic nitrogens is 2. The van der Waals surface area contributed by atoms with Crippen LogP contribution in [0.1, 0.15) is 32.1 Å². The van der Waals surface area contributed by atoms with E-state index in [-0.39, 0.29) is 23.9 Å². The van der Waals surface area contributed by atoms with E-state index in [1.807, 2.05) is 17.0 Å². The molecule has 0 radical (unpaired) electrons. The molecule has 7 heteroatoms. The summed E-state index contributed by atoms with van der Waals surface area (Å²) < 4.78 is 1.43. The Morgan fingerprint density at radius 3 is 2.88 bits per heavy atom. The first kappa shape index (κ1) is 18.1. The molecule has 1 fully saturated rings. The number of fused-ring (bicyclic) bond motifs is 1. The second-order valence-electron chi connectivity index (χ2n) is 6.57. The van der Waals surface area contributed by atoms with Crippen molar-refractivity contribution in [2.24, 2.45) is 0 Å². The minimum atomic E-state index is -0.297. The number of hydrogen-bond acceptors (Lipinski definition) is 4. The summed E-state index contributed by atoms with van der Waals surface area (Å²) >= 11 is 0. The highest BCUT2D eigenvalue weighted by molar-refractivity contribution is 5.80. The molecule has 0 unspecified atom stereocenters. The molecule has 0 spiro atoms. The lowest BCUT2D eigenvalue weighted by atomic mass is 10.2. The zero-order valence-corrected chi connectivity index (χ0v) is 14.8. The predicted octanol–water partition coefficient (Wildman–Crippen LogP) is 1.31. The van der Waals surface area contributed by atoms with Crippen molar-refractivity contribution in [3.63, 3.8) is 0 Å². The van der Waals surface area contributed by atoms with Gasteiger partial charge in [0.25, 0.3) is 5.56 Å². The predicted molar refractivity (Wildman–Crippen MR) is 98.7 cm³/mol. The van der Waals surface area contributed by atoms with Crippen LogP contribution in [0.5, 0.6) is 0 Å². The second kappa shape index (κ2) is 8.60. The van der Waals surface area contributed by atoms with Crippen LogP contribution in [0.3, 0.4) is 0 Å². The van der Waals surface area contributed by atoms with E-state index in [0.29, 0.717) is 37.0 Å². The molecular formula is C19H24N4O3. The van der Waals surface area contributed by atoms with Crippen LogP contribution in [-0.2, 0) is 16.1 Å². The highest BCUT2D eigenvalue weighted by Gasteiger charge is 2.16. The van der Waals surface area contributed by atoms with E-state index in [9.17, 15) is 14.4 Å². The van der Waals surface area contributed by atoms with Gasteiger partial charge in [0.05, 0.1) is 17.2 Å². The second-order valence-corrected chi connectivity index (χ2v) is 6.57. The van der Waals surface area contributed by atoms with Crippen molar-refractivity contribution < 1.29 is 9.59 Å². The van der Waals surface area contributed by atoms with Crippen molar-refractivity contribution in [1.29, 1.82) is 0 Å². The summed E-state index contributed by atoms with van der Waals surface area (Å²) in [5.74, 6) is -0.00530. The van der Waals surface area contributed by atoms with Gasteiger partial charge in [-0.05, 0) is 31.4 Å². The zero-order valence-electron chi connectivity index (χ0n) is 14.8. The third kappa shape index (κ3) is 4.47. The maximum atomic E-state index is 12.2. The molecule has 1 aliphatic heterocycles. The standard InChI is InChI=1S/C19H24N4O3/c24-17(20-10-6-12-22-11-5-1-2-9-18(22)25)14-23-16-8-4-3-7-15(16)21-13-19(23)26/h3-4,7-8,13H,1-2,5-6,9-12,14H2,(H,20,24). The first-order valence-electron chi connectivity index (χ1n) is 9.14.